The van der Waals surface area contributed by atoms with E-state index in [4.69, 9.17) is 5.73 Å². The highest BCUT2D eigenvalue weighted by molar-refractivity contribution is 9.09. The Morgan fingerprint density at radius 1 is 1.33 bits per heavy atom. The van der Waals surface area contributed by atoms with Crippen molar-refractivity contribution in [3.63, 3.8) is 0 Å². The third kappa shape index (κ3) is 4.51. The number of alkyl halides is 1. The monoisotopic (exact) mass is 437 g/mol. The highest BCUT2D eigenvalue weighted by Crippen LogP contribution is 2.26. The van der Waals surface area contributed by atoms with Gasteiger partial charge < -0.3 is 11.1 Å². The van der Waals surface area contributed by atoms with Gasteiger partial charge in [0.25, 0.3) is 0 Å². The van der Waals surface area contributed by atoms with Crippen molar-refractivity contribution in [1.29, 1.82) is 0 Å². The molecule has 8 heteroatoms. The number of rotatable bonds is 6. The normalized spacial score (nSPS) is 28.6. The van der Waals surface area contributed by atoms with E-state index in [0.29, 0.717) is 12.5 Å². The second-order valence-electron chi connectivity index (χ2n) is 7.66. The second kappa shape index (κ2) is 8.68. The molecule has 4 unspecified atom stereocenters. The number of amides is 2. The van der Waals surface area contributed by atoms with Gasteiger partial charge in [0.2, 0.25) is 11.8 Å². The van der Waals surface area contributed by atoms with Crippen molar-refractivity contribution in [3.05, 3.63) is 29.8 Å². The Balaban J connectivity index is 1.69. The van der Waals surface area contributed by atoms with Crippen molar-refractivity contribution in [2.24, 2.45) is 11.7 Å². The first-order valence-corrected chi connectivity index (χ1v) is 10.4. The molecule has 5 N–H and O–H groups in total. The molecule has 7 nitrogen and oxygen atoms in total. The molecule has 1 aromatic rings. The van der Waals surface area contributed by atoms with Crippen molar-refractivity contribution in [3.8, 4) is 0 Å². The predicted octanol–water partition coefficient (Wildman–Crippen LogP) is 1.34. The SMILES string of the molecule is CC(C)C1NNC(C(=O)Nc2ccccc2CN2CCCC2C(N)=O)C1Br. The van der Waals surface area contributed by atoms with E-state index in [-0.39, 0.29) is 34.8 Å². The van der Waals surface area contributed by atoms with E-state index < -0.39 is 0 Å². The maximum atomic E-state index is 12.8. The molecule has 3 rings (SSSR count). The minimum atomic E-state index is -0.365. The van der Waals surface area contributed by atoms with Gasteiger partial charge in [-0.25, -0.2) is 5.43 Å². The Kier molecular flexibility index (Phi) is 6.52. The fraction of sp³-hybridized carbons (Fsp3) is 0.579. The average molecular weight is 438 g/mol. The van der Waals surface area contributed by atoms with Crippen molar-refractivity contribution < 1.29 is 9.59 Å². The number of hydrogen-bond donors (Lipinski definition) is 4. The zero-order valence-corrected chi connectivity index (χ0v) is 17.3. The minimum Gasteiger partial charge on any atom is -0.368 e. The number of para-hydroxylation sites is 1. The van der Waals surface area contributed by atoms with E-state index in [9.17, 15) is 9.59 Å². The molecule has 2 aliphatic heterocycles. The van der Waals surface area contributed by atoms with E-state index in [1.165, 1.54) is 0 Å². The van der Waals surface area contributed by atoms with Crippen molar-refractivity contribution in [1.82, 2.24) is 15.8 Å². The Bertz CT molecular complexity index is 698. The molecular formula is C19H28BrN5O2. The van der Waals surface area contributed by atoms with Gasteiger partial charge in [0.05, 0.1) is 10.9 Å². The van der Waals surface area contributed by atoms with E-state index in [1.807, 2.05) is 24.3 Å². The molecule has 2 saturated heterocycles. The predicted molar refractivity (Wildman–Crippen MR) is 109 cm³/mol. The van der Waals surface area contributed by atoms with Crippen LogP contribution in [0.25, 0.3) is 0 Å². The Morgan fingerprint density at radius 3 is 2.74 bits per heavy atom. The number of halogens is 1. The maximum Gasteiger partial charge on any atom is 0.244 e. The lowest BCUT2D eigenvalue weighted by Gasteiger charge is -2.24. The van der Waals surface area contributed by atoms with Crippen LogP contribution in [0.2, 0.25) is 0 Å². The Morgan fingerprint density at radius 2 is 2.07 bits per heavy atom. The van der Waals surface area contributed by atoms with Gasteiger partial charge in [-0.1, -0.05) is 48.0 Å². The second-order valence-corrected chi connectivity index (χ2v) is 8.72. The maximum absolute atomic E-state index is 12.8. The number of primary amides is 1. The van der Waals surface area contributed by atoms with Crippen LogP contribution in [0.1, 0.15) is 32.3 Å². The van der Waals surface area contributed by atoms with Gasteiger partial charge in [0.1, 0.15) is 6.04 Å². The van der Waals surface area contributed by atoms with Gasteiger partial charge in [-0.3, -0.25) is 19.9 Å². The summed E-state index contributed by atoms with van der Waals surface area (Å²) in [4.78, 5) is 26.6. The number of hydrogen-bond acceptors (Lipinski definition) is 5. The number of carbonyl (C=O) groups excluding carboxylic acids is 2. The molecule has 2 heterocycles. The molecule has 2 amide bonds. The molecule has 0 saturated carbocycles. The van der Waals surface area contributed by atoms with Crippen LogP contribution >= 0.6 is 15.9 Å². The Hall–Kier alpha value is -1.48. The number of anilines is 1. The lowest BCUT2D eigenvalue weighted by molar-refractivity contribution is -0.122. The fourth-order valence-electron chi connectivity index (χ4n) is 3.84. The van der Waals surface area contributed by atoms with Crippen LogP contribution in [-0.4, -0.2) is 46.2 Å². The topological polar surface area (TPSA) is 99.5 Å². The standard InChI is InChI=1S/C19H28BrN5O2/c1-11(2)16-15(20)17(24-23-16)19(27)22-13-7-4-3-6-12(13)10-25-9-5-8-14(25)18(21)26/h3-4,6-7,11,14-17,23-24H,5,8-10H2,1-2H3,(H2,21,26)(H,22,27). The molecule has 27 heavy (non-hydrogen) atoms. The summed E-state index contributed by atoms with van der Waals surface area (Å²) in [5.74, 6) is 0.0258. The van der Waals surface area contributed by atoms with Crippen LogP contribution in [0.4, 0.5) is 5.69 Å². The number of carbonyl (C=O) groups is 2. The molecule has 4 atom stereocenters. The number of benzene rings is 1. The zero-order chi connectivity index (χ0) is 19.6. The van der Waals surface area contributed by atoms with Gasteiger partial charge in [-0.15, -0.1) is 0 Å². The zero-order valence-electron chi connectivity index (χ0n) is 15.7. The lowest BCUT2D eigenvalue weighted by atomic mass is 9.99. The summed E-state index contributed by atoms with van der Waals surface area (Å²) in [6.07, 6.45) is 1.75. The van der Waals surface area contributed by atoms with Crippen molar-refractivity contribution in [2.75, 3.05) is 11.9 Å². The molecule has 0 aliphatic carbocycles. The summed E-state index contributed by atoms with van der Waals surface area (Å²) in [5, 5.41) is 3.05. The van der Waals surface area contributed by atoms with Crippen molar-refractivity contribution in [2.45, 2.75) is 56.2 Å². The van der Waals surface area contributed by atoms with E-state index in [1.54, 1.807) is 0 Å². The van der Waals surface area contributed by atoms with Gasteiger partial charge >= 0.3 is 0 Å². The summed E-state index contributed by atoms with van der Waals surface area (Å²) < 4.78 is 0. The van der Waals surface area contributed by atoms with E-state index in [0.717, 1.165) is 30.6 Å². The first kappa shape index (κ1) is 20.3. The fourth-order valence-corrected chi connectivity index (χ4v) is 4.96. The molecule has 148 valence electrons. The quantitative estimate of drug-likeness (QED) is 0.503. The summed E-state index contributed by atoms with van der Waals surface area (Å²) in [6, 6.07) is 7.30. The molecule has 0 bridgehead atoms. The summed E-state index contributed by atoms with van der Waals surface area (Å²) in [6.45, 7) is 5.67. The van der Waals surface area contributed by atoms with Crippen LogP contribution < -0.4 is 21.9 Å². The first-order chi connectivity index (χ1) is 12.9. The van der Waals surface area contributed by atoms with Gasteiger partial charge in [0, 0.05) is 18.3 Å². The molecular weight excluding hydrogens is 410 g/mol. The minimum absolute atomic E-state index is 0.00230. The number of hydrazine groups is 1. The molecule has 2 fully saturated rings. The van der Waals surface area contributed by atoms with Gasteiger partial charge in [-0.05, 0) is 36.9 Å². The number of likely N-dealkylation sites (tertiary alicyclic amines) is 1. The first-order valence-electron chi connectivity index (χ1n) is 9.45. The largest absolute Gasteiger partial charge is 0.368 e. The lowest BCUT2D eigenvalue weighted by Crippen LogP contribution is -2.43. The molecule has 0 radical (unpaired) electrons. The highest BCUT2D eigenvalue weighted by atomic mass is 79.9. The molecule has 0 aromatic heterocycles. The smallest absolute Gasteiger partial charge is 0.244 e. The van der Waals surface area contributed by atoms with Crippen LogP contribution in [0.15, 0.2) is 24.3 Å². The number of nitrogens with two attached hydrogens (primary N) is 1. The highest BCUT2D eigenvalue weighted by Gasteiger charge is 2.40. The average Bonchev–Trinajstić information content (AvgIpc) is 3.23. The third-order valence-electron chi connectivity index (χ3n) is 5.41. The Labute approximate surface area is 168 Å². The summed E-state index contributed by atoms with van der Waals surface area (Å²) in [5.41, 5.74) is 13.6. The van der Waals surface area contributed by atoms with Crippen LogP contribution in [0, 0.1) is 5.92 Å². The number of nitrogens with one attached hydrogen (secondary N) is 3. The van der Waals surface area contributed by atoms with Gasteiger partial charge in [-0.2, -0.15) is 0 Å². The number of nitrogens with zero attached hydrogens (tertiary/aromatic N) is 1. The van der Waals surface area contributed by atoms with E-state index >= 15 is 0 Å². The van der Waals surface area contributed by atoms with Crippen LogP contribution in [0.3, 0.4) is 0 Å². The summed E-state index contributed by atoms with van der Waals surface area (Å²) >= 11 is 3.65. The molecule has 0 spiro atoms. The van der Waals surface area contributed by atoms with Gasteiger partial charge in [0.15, 0.2) is 0 Å². The van der Waals surface area contributed by atoms with Crippen LogP contribution in [-0.2, 0) is 16.1 Å². The van der Waals surface area contributed by atoms with Crippen molar-refractivity contribution >= 4 is 33.4 Å². The molecule has 1 aromatic carbocycles. The third-order valence-corrected chi connectivity index (χ3v) is 6.51. The van der Waals surface area contributed by atoms with E-state index in [2.05, 4.69) is 50.8 Å². The molecule has 2 aliphatic rings. The summed E-state index contributed by atoms with van der Waals surface area (Å²) in [7, 11) is 0. The van der Waals surface area contributed by atoms with Crippen LogP contribution in [0.5, 0.6) is 0 Å².